The largest absolute Gasteiger partial charge is 0.444 e. The van der Waals surface area contributed by atoms with E-state index in [-0.39, 0.29) is 12.1 Å². The molecule has 0 spiro atoms. The molecule has 0 aromatic heterocycles. The lowest BCUT2D eigenvalue weighted by molar-refractivity contribution is 0.0170. The Labute approximate surface area is 143 Å². The molecule has 1 aliphatic heterocycles. The van der Waals surface area contributed by atoms with Crippen molar-refractivity contribution in [1.29, 1.82) is 0 Å². The Morgan fingerprint density at radius 3 is 2.12 bits per heavy atom. The monoisotopic (exact) mass is 333 g/mol. The molecule has 1 N–H and O–H groups in total. The fourth-order valence-electron chi connectivity index (χ4n) is 2.41. The van der Waals surface area contributed by atoms with Crippen LogP contribution in [0.4, 0.5) is 9.59 Å². The lowest BCUT2D eigenvalue weighted by Gasteiger charge is -2.35. The van der Waals surface area contributed by atoms with Crippen molar-refractivity contribution >= 4 is 12.1 Å². The van der Waals surface area contributed by atoms with Crippen LogP contribution in [0.25, 0.3) is 0 Å². The predicted molar refractivity (Wildman–Crippen MR) is 92.8 cm³/mol. The number of amides is 3. The third-order valence-electron chi connectivity index (χ3n) is 3.78. The van der Waals surface area contributed by atoms with Gasteiger partial charge in [0.2, 0.25) is 0 Å². The van der Waals surface area contributed by atoms with E-state index in [0.29, 0.717) is 32.7 Å². The molecule has 2 rings (SSSR count). The number of piperazine rings is 1. The van der Waals surface area contributed by atoms with E-state index in [0.717, 1.165) is 5.56 Å². The summed E-state index contributed by atoms with van der Waals surface area (Å²) < 4.78 is 5.36. The zero-order valence-electron chi connectivity index (χ0n) is 15.0. The topological polar surface area (TPSA) is 61.9 Å². The summed E-state index contributed by atoms with van der Waals surface area (Å²) in [6.45, 7) is 10.1. The van der Waals surface area contributed by atoms with E-state index in [4.69, 9.17) is 4.74 Å². The number of urea groups is 1. The van der Waals surface area contributed by atoms with Gasteiger partial charge in [-0.05, 0) is 33.3 Å². The van der Waals surface area contributed by atoms with Gasteiger partial charge < -0.3 is 19.9 Å². The van der Waals surface area contributed by atoms with E-state index in [1.165, 1.54) is 5.56 Å². The smallest absolute Gasteiger partial charge is 0.410 e. The Bertz CT molecular complexity index is 570. The number of hydrogen-bond acceptors (Lipinski definition) is 3. The van der Waals surface area contributed by atoms with E-state index >= 15 is 0 Å². The fourth-order valence-corrected chi connectivity index (χ4v) is 2.41. The van der Waals surface area contributed by atoms with Gasteiger partial charge in [-0.3, -0.25) is 0 Å². The quantitative estimate of drug-likeness (QED) is 0.905. The highest BCUT2D eigenvalue weighted by atomic mass is 16.6. The molecule has 0 bridgehead atoms. The van der Waals surface area contributed by atoms with Gasteiger partial charge in [-0.25, -0.2) is 9.59 Å². The van der Waals surface area contributed by atoms with Crippen LogP contribution in [-0.2, 0) is 11.3 Å². The average molecular weight is 333 g/mol. The third-order valence-corrected chi connectivity index (χ3v) is 3.78. The summed E-state index contributed by atoms with van der Waals surface area (Å²) in [6, 6.07) is 7.98. The van der Waals surface area contributed by atoms with Gasteiger partial charge in [-0.1, -0.05) is 29.8 Å². The first-order chi connectivity index (χ1) is 11.2. The molecule has 0 atom stereocenters. The number of aryl methyl sites for hydroxylation is 1. The van der Waals surface area contributed by atoms with E-state index in [2.05, 4.69) is 5.32 Å². The van der Waals surface area contributed by atoms with E-state index in [1.54, 1.807) is 9.80 Å². The van der Waals surface area contributed by atoms with Crippen LogP contribution in [-0.4, -0.2) is 53.7 Å². The van der Waals surface area contributed by atoms with Gasteiger partial charge in [0.05, 0.1) is 0 Å². The van der Waals surface area contributed by atoms with Gasteiger partial charge in [0.25, 0.3) is 0 Å². The maximum atomic E-state index is 12.2. The Hall–Kier alpha value is -2.24. The number of nitrogens with one attached hydrogen (secondary N) is 1. The van der Waals surface area contributed by atoms with Crippen molar-refractivity contribution in [2.24, 2.45) is 0 Å². The molecule has 0 aliphatic carbocycles. The zero-order chi connectivity index (χ0) is 17.7. The lowest BCUT2D eigenvalue weighted by atomic mass is 10.1. The van der Waals surface area contributed by atoms with Crippen LogP contribution in [0.1, 0.15) is 31.9 Å². The molecule has 1 aliphatic rings. The molecule has 1 heterocycles. The van der Waals surface area contributed by atoms with Crippen LogP contribution in [0.5, 0.6) is 0 Å². The summed E-state index contributed by atoms with van der Waals surface area (Å²) in [4.78, 5) is 27.6. The normalized spacial score (nSPS) is 15.2. The van der Waals surface area contributed by atoms with Gasteiger partial charge in [0.1, 0.15) is 5.60 Å². The van der Waals surface area contributed by atoms with Crippen LogP contribution in [0.15, 0.2) is 24.3 Å². The summed E-state index contributed by atoms with van der Waals surface area (Å²) in [6.07, 6.45) is -0.317. The molecular formula is C18H27N3O3. The van der Waals surface area contributed by atoms with Gasteiger partial charge >= 0.3 is 12.1 Å². The highest BCUT2D eigenvalue weighted by molar-refractivity contribution is 5.75. The lowest BCUT2D eigenvalue weighted by Crippen LogP contribution is -2.53. The summed E-state index contributed by atoms with van der Waals surface area (Å²) >= 11 is 0. The second-order valence-corrected chi connectivity index (χ2v) is 7.10. The van der Waals surface area contributed by atoms with Gasteiger partial charge in [-0.15, -0.1) is 0 Å². The van der Waals surface area contributed by atoms with Crippen LogP contribution >= 0.6 is 0 Å². The van der Waals surface area contributed by atoms with Crippen LogP contribution in [0, 0.1) is 6.92 Å². The Morgan fingerprint density at radius 2 is 1.58 bits per heavy atom. The first kappa shape index (κ1) is 18.1. The minimum Gasteiger partial charge on any atom is -0.444 e. The highest BCUT2D eigenvalue weighted by Crippen LogP contribution is 2.12. The average Bonchev–Trinajstić information content (AvgIpc) is 2.52. The minimum absolute atomic E-state index is 0.0978. The summed E-state index contributed by atoms with van der Waals surface area (Å²) in [5.74, 6) is 0. The van der Waals surface area contributed by atoms with Crippen molar-refractivity contribution in [3.63, 3.8) is 0 Å². The van der Waals surface area contributed by atoms with Crippen molar-refractivity contribution in [3.8, 4) is 0 Å². The van der Waals surface area contributed by atoms with E-state index < -0.39 is 5.60 Å². The summed E-state index contributed by atoms with van der Waals surface area (Å²) in [5.41, 5.74) is 1.77. The molecule has 0 radical (unpaired) electrons. The Morgan fingerprint density at radius 1 is 1.04 bits per heavy atom. The molecule has 0 saturated carbocycles. The fraction of sp³-hybridized carbons (Fsp3) is 0.556. The van der Waals surface area contributed by atoms with Crippen LogP contribution in [0.3, 0.4) is 0 Å². The maximum absolute atomic E-state index is 12.2. The molecule has 3 amide bonds. The number of ether oxygens (including phenoxy) is 1. The van der Waals surface area contributed by atoms with Crippen molar-refractivity contribution < 1.29 is 14.3 Å². The molecular weight excluding hydrogens is 306 g/mol. The molecule has 0 unspecified atom stereocenters. The number of carbonyl (C=O) groups is 2. The second kappa shape index (κ2) is 7.55. The van der Waals surface area contributed by atoms with Gasteiger partial charge in [0.15, 0.2) is 0 Å². The predicted octanol–water partition coefficient (Wildman–Crippen LogP) is 2.76. The Kier molecular flexibility index (Phi) is 5.70. The first-order valence-electron chi connectivity index (χ1n) is 8.31. The molecule has 132 valence electrons. The van der Waals surface area contributed by atoms with E-state index in [1.807, 2.05) is 52.0 Å². The van der Waals surface area contributed by atoms with Crippen molar-refractivity contribution in [1.82, 2.24) is 15.1 Å². The molecule has 1 aromatic carbocycles. The summed E-state index contributed by atoms with van der Waals surface area (Å²) in [7, 11) is 0. The number of benzene rings is 1. The summed E-state index contributed by atoms with van der Waals surface area (Å²) in [5, 5.41) is 2.92. The molecule has 6 nitrogen and oxygen atoms in total. The third kappa shape index (κ3) is 5.44. The zero-order valence-corrected chi connectivity index (χ0v) is 15.0. The maximum Gasteiger partial charge on any atom is 0.410 e. The molecule has 6 heteroatoms. The number of rotatable bonds is 2. The Balaban J connectivity index is 1.76. The minimum atomic E-state index is -0.500. The molecule has 1 aromatic rings. The van der Waals surface area contributed by atoms with Gasteiger partial charge in [0, 0.05) is 32.7 Å². The number of carbonyl (C=O) groups excluding carboxylic acids is 2. The van der Waals surface area contributed by atoms with Crippen LogP contribution < -0.4 is 5.32 Å². The SMILES string of the molecule is Cc1ccc(CNC(=O)N2CCN(C(=O)OC(C)(C)C)CC2)cc1. The highest BCUT2D eigenvalue weighted by Gasteiger charge is 2.27. The van der Waals surface area contributed by atoms with Gasteiger partial charge in [-0.2, -0.15) is 0 Å². The first-order valence-corrected chi connectivity index (χ1v) is 8.31. The number of nitrogens with zero attached hydrogens (tertiary/aromatic N) is 2. The van der Waals surface area contributed by atoms with Crippen molar-refractivity contribution in [2.75, 3.05) is 26.2 Å². The molecule has 1 saturated heterocycles. The molecule has 1 fully saturated rings. The van der Waals surface area contributed by atoms with Crippen LogP contribution in [0.2, 0.25) is 0 Å². The van der Waals surface area contributed by atoms with Crippen molar-refractivity contribution in [2.45, 2.75) is 39.8 Å². The second-order valence-electron chi connectivity index (χ2n) is 7.10. The molecule has 24 heavy (non-hydrogen) atoms. The van der Waals surface area contributed by atoms with E-state index in [9.17, 15) is 9.59 Å². The number of hydrogen-bond donors (Lipinski definition) is 1. The van der Waals surface area contributed by atoms with Crippen molar-refractivity contribution in [3.05, 3.63) is 35.4 Å². The standard InChI is InChI=1S/C18H27N3O3/c1-14-5-7-15(8-6-14)13-19-16(22)20-9-11-21(12-10-20)17(23)24-18(2,3)4/h5-8H,9-13H2,1-4H3,(H,19,22).